The fraction of sp³-hybridized carbons (Fsp3) is 0.333. The number of hydrogen-bond donors (Lipinski definition) is 2. The molecule has 2 N–H and O–H groups in total. The summed E-state index contributed by atoms with van der Waals surface area (Å²) in [6.07, 6.45) is 5.42. The van der Waals surface area contributed by atoms with Gasteiger partial charge in [-0.3, -0.25) is 9.78 Å². The van der Waals surface area contributed by atoms with Gasteiger partial charge in [0.25, 0.3) is 5.91 Å². The van der Waals surface area contributed by atoms with E-state index in [0.717, 1.165) is 24.1 Å². The number of methoxy groups -OCH3 is 2. The Morgan fingerprint density at radius 3 is 2.67 bits per heavy atom. The van der Waals surface area contributed by atoms with E-state index >= 15 is 0 Å². The second-order valence-corrected chi connectivity index (χ2v) is 5.75. The third-order valence-corrected chi connectivity index (χ3v) is 3.86. The van der Waals surface area contributed by atoms with Gasteiger partial charge in [0.1, 0.15) is 0 Å². The van der Waals surface area contributed by atoms with Crippen LogP contribution >= 0.6 is 0 Å². The normalized spacial score (nSPS) is 13.2. The molecule has 126 valence electrons. The molecular formula is C18H21N3O3. The average molecular weight is 327 g/mol. The van der Waals surface area contributed by atoms with E-state index in [9.17, 15) is 4.79 Å². The Morgan fingerprint density at radius 2 is 1.96 bits per heavy atom. The lowest BCUT2D eigenvalue weighted by Gasteiger charge is -2.11. The van der Waals surface area contributed by atoms with Crippen molar-refractivity contribution < 1.29 is 14.3 Å². The van der Waals surface area contributed by atoms with Gasteiger partial charge in [-0.1, -0.05) is 6.07 Å². The molecule has 1 amide bonds. The van der Waals surface area contributed by atoms with Crippen molar-refractivity contribution in [1.29, 1.82) is 0 Å². The Morgan fingerprint density at radius 1 is 1.17 bits per heavy atom. The number of benzene rings is 1. The van der Waals surface area contributed by atoms with E-state index in [1.165, 1.54) is 0 Å². The van der Waals surface area contributed by atoms with Crippen molar-refractivity contribution in [2.45, 2.75) is 25.4 Å². The zero-order valence-electron chi connectivity index (χ0n) is 13.8. The molecule has 3 rings (SSSR count). The summed E-state index contributed by atoms with van der Waals surface area (Å²) in [6, 6.07) is 7.90. The van der Waals surface area contributed by atoms with Crippen molar-refractivity contribution in [3.8, 4) is 11.5 Å². The quantitative estimate of drug-likeness (QED) is 0.818. The molecular weight excluding hydrogens is 306 g/mol. The summed E-state index contributed by atoms with van der Waals surface area (Å²) < 4.78 is 10.5. The van der Waals surface area contributed by atoms with Crippen LogP contribution in [-0.2, 0) is 6.54 Å². The molecule has 0 unspecified atom stereocenters. The first-order valence-corrected chi connectivity index (χ1v) is 7.90. The molecule has 0 atom stereocenters. The number of amides is 1. The van der Waals surface area contributed by atoms with Crippen LogP contribution < -0.4 is 20.1 Å². The highest BCUT2D eigenvalue weighted by molar-refractivity contribution is 5.95. The molecule has 1 aliphatic carbocycles. The third-order valence-electron chi connectivity index (χ3n) is 3.86. The standard InChI is InChI=1S/C18H21N3O3/c1-23-16-6-3-12(7-17(16)24-2)9-20-15-8-13(10-19-11-15)18(22)21-14-4-5-14/h3,6-8,10-11,14,20H,4-5,9H2,1-2H3,(H,21,22). The summed E-state index contributed by atoms with van der Waals surface area (Å²) in [5.74, 6) is 1.31. The lowest BCUT2D eigenvalue weighted by molar-refractivity contribution is 0.0950. The fourth-order valence-corrected chi connectivity index (χ4v) is 2.35. The molecule has 1 fully saturated rings. The van der Waals surface area contributed by atoms with Gasteiger partial charge in [-0.25, -0.2) is 0 Å². The van der Waals surface area contributed by atoms with E-state index in [4.69, 9.17) is 9.47 Å². The highest BCUT2D eigenvalue weighted by Gasteiger charge is 2.23. The molecule has 1 aromatic carbocycles. The molecule has 0 aliphatic heterocycles. The maximum atomic E-state index is 12.1. The number of hydrogen-bond acceptors (Lipinski definition) is 5. The molecule has 1 heterocycles. The van der Waals surface area contributed by atoms with Gasteiger partial charge in [-0.15, -0.1) is 0 Å². The van der Waals surface area contributed by atoms with Crippen LogP contribution in [0.1, 0.15) is 28.8 Å². The molecule has 0 saturated heterocycles. The molecule has 0 spiro atoms. The molecule has 1 saturated carbocycles. The molecule has 24 heavy (non-hydrogen) atoms. The van der Waals surface area contributed by atoms with Gasteiger partial charge >= 0.3 is 0 Å². The first-order valence-electron chi connectivity index (χ1n) is 7.90. The number of nitrogens with zero attached hydrogens (tertiary/aromatic N) is 1. The smallest absolute Gasteiger partial charge is 0.253 e. The van der Waals surface area contributed by atoms with Crippen LogP contribution in [0.4, 0.5) is 5.69 Å². The van der Waals surface area contributed by atoms with Crippen LogP contribution in [0.25, 0.3) is 0 Å². The Balaban J connectivity index is 1.64. The molecule has 2 aromatic rings. The van der Waals surface area contributed by atoms with Crippen molar-refractivity contribution >= 4 is 11.6 Å². The summed E-state index contributed by atoms with van der Waals surface area (Å²) in [5, 5.41) is 6.24. The average Bonchev–Trinajstić information content (AvgIpc) is 3.43. The maximum absolute atomic E-state index is 12.1. The maximum Gasteiger partial charge on any atom is 0.253 e. The van der Waals surface area contributed by atoms with Crippen molar-refractivity contribution in [3.63, 3.8) is 0 Å². The molecule has 6 heteroatoms. The summed E-state index contributed by atoms with van der Waals surface area (Å²) in [4.78, 5) is 16.2. The van der Waals surface area contributed by atoms with E-state index in [2.05, 4.69) is 15.6 Å². The molecule has 0 bridgehead atoms. The number of rotatable bonds is 7. The van der Waals surface area contributed by atoms with Crippen LogP contribution in [0, 0.1) is 0 Å². The number of pyridine rings is 1. The van der Waals surface area contributed by atoms with Gasteiger partial charge in [0.2, 0.25) is 0 Å². The predicted octanol–water partition coefficient (Wildman–Crippen LogP) is 2.60. The summed E-state index contributed by atoms with van der Waals surface area (Å²) >= 11 is 0. The van der Waals surface area contributed by atoms with Gasteiger partial charge in [0, 0.05) is 25.0 Å². The largest absolute Gasteiger partial charge is 0.493 e. The zero-order chi connectivity index (χ0) is 16.9. The summed E-state index contributed by atoms with van der Waals surface area (Å²) in [5.41, 5.74) is 2.41. The van der Waals surface area contributed by atoms with Gasteiger partial charge in [0.05, 0.1) is 25.5 Å². The number of ether oxygens (including phenoxy) is 2. The van der Waals surface area contributed by atoms with E-state index in [1.807, 2.05) is 24.3 Å². The highest BCUT2D eigenvalue weighted by Crippen LogP contribution is 2.27. The van der Waals surface area contributed by atoms with Crippen molar-refractivity contribution in [2.75, 3.05) is 19.5 Å². The van der Waals surface area contributed by atoms with Crippen LogP contribution in [0.5, 0.6) is 11.5 Å². The van der Waals surface area contributed by atoms with Crippen molar-refractivity contribution in [2.24, 2.45) is 0 Å². The first kappa shape index (κ1) is 16.1. The van der Waals surface area contributed by atoms with Crippen LogP contribution in [-0.4, -0.2) is 31.2 Å². The lowest BCUT2D eigenvalue weighted by Crippen LogP contribution is -2.25. The third kappa shape index (κ3) is 3.95. The van der Waals surface area contributed by atoms with Gasteiger partial charge in [-0.05, 0) is 36.6 Å². The Labute approximate surface area is 141 Å². The molecule has 6 nitrogen and oxygen atoms in total. The van der Waals surface area contributed by atoms with Gasteiger partial charge < -0.3 is 20.1 Å². The van der Waals surface area contributed by atoms with Crippen LogP contribution in [0.2, 0.25) is 0 Å². The summed E-state index contributed by atoms with van der Waals surface area (Å²) in [7, 11) is 3.22. The van der Waals surface area contributed by atoms with Crippen molar-refractivity contribution in [3.05, 3.63) is 47.8 Å². The van der Waals surface area contributed by atoms with Crippen molar-refractivity contribution in [1.82, 2.24) is 10.3 Å². The minimum absolute atomic E-state index is 0.0697. The Kier molecular flexibility index (Phi) is 4.84. The molecule has 1 aromatic heterocycles. The fourth-order valence-electron chi connectivity index (χ4n) is 2.35. The number of anilines is 1. The second kappa shape index (κ2) is 7.21. The zero-order valence-corrected chi connectivity index (χ0v) is 13.8. The minimum Gasteiger partial charge on any atom is -0.493 e. The Hall–Kier alpha value is -2.76. The number of aromatic nitrogens is 1. The molecule has 0 radical (unpaired) electrons. The van der Waals surface area contributed by atoms with E-state index in [-0.39, 0.29) is 5.91 Å². The van der Waals surface area contributed by atoms with Gasteiger partial charge in [-0.2, -0.15) is 0 Å². The lowest BCUT2D eigenvalue weighted by atomic mass is 10.2. The number of carbonyl (C=O) groups is 1. The minimum atomic E-state index is -0.0697. The van der Waals surface area contributed by atoms with E-state index in [0.29, 0.717) is 29.6 Å². The number of nitrogens with one attached hydrogen (secondary N) is 2. The van der Waals surface area contributed by atoms with Gasteiger partial charge in [0.15, 0.2) is 11.5 Å². The topological polar surface area (TPSA) is 72.5 Å². The SMILES string of the molecule is COc1ccc(CNc2cncc(C(=O)NC3CC3)c2)cc1OC. The predicted molar refractivity (Wildman–Crippen MR) is 91.6 cm³/mol. The van der Waals surface area contributed by atoms with Crippen LogP contribution in [0.15, 0.2) is 36.7 Å². The molecule has 1 aliphatic rings. The Bertz CT molecular complexity index is 729. The number of carbonyl (C=O) groups excluding carboxylic acids is 1. The highest BCUT2D eigenvalue weighted by atomic mass is 16.5. The van der Waals surface area contributed by atoms with E-state index in [1.54, 1.807) is 26.6 Å². The summed E-state index contributed by atoms with van der Waals surface area (Å²) in [6.45, 7) is 0.593. The monoisotopic (exact) mass is 327 g/mol. The first-order chi connectivity index (χ1) is 11.7. The van der Waals surface area contributed by atoms with Crippen LogP contribution in [0.3, 0.4) is 0 Å². The van der Waals surface area contributed by atoms with E-state index < -0.39 is 0 Å². The second-order valence-electron chi connectivity index (χ2n) is 5.75.